The number of rotatable bonds is 7. The van der Waals surface area contributed by atoms with Crippen LogP contribution in [0.1, 0.15) is 31.4 Å². The zero-order chi connectivity index (χ0) is 16.0. The molecule has 1 rings (SSSR count). The van der Waals surface area contributed by atoms with Crippen molar-refractivity contribution < 1.29 is 19.4 Å². The van der Waals surface area contributed by atoms with Gasteiger partial charge in [-0.3, -0.25) is 9.59 Å². The van der Waals surface area contributed by atoms with E-state index in [0.717, 1.165) is 11.1 Å². The standard InChI is InChI=1S/C16H23NO4/c1-5-13(4)17(9-16(19)20)15(18)10-21-14-7-6-11(2)12(3)8-14/h6-8,13H,5,9-10H2,1-4H3,(H,19,20). The van der Waals surface area contributed by atoms with Gasteiger partial charge in [0.1, 0.15) is 12.3 Å². The van der Waals surface area contributed by atoms with Crippen molar-refractivity contribution in [2.24, 2.45) is 0 Å². The van der Waals surface area contributed by atoms with Gasteiger partial charge in [0.25, 0.3) is 5.91 Å². The van der Waals surface area contributed by atoms with Crippen molar-refractivity contribution in [1.29, 1.82) is 0 Å². The Labute approximate surface area is 125 Å². The highest BCUT2D eigenvalue weighted by Gasteiger charge is 2.21. The number of nitrogens with zero attached hydrogens (tertiary/aromatic N) is 1. The molecule has 1 amide bonds. The highest BCUT2D eigenvalue weighted by atomic mass is 16.5. The smallest absolute Gasteiger partial charge is 0.323 e. The fraction of sp³-hybridized carbons (Fsp3) is 0.500. The van der Waals surface area contributed by atoms with E-state index in [-0.39, 0.29) is 25.1 Å². The molecule has 1 aromatic carbocycles. The molecule has 116 valence electrons. The highest BCUT2D eigenvalue weighted by Crippen LogP contribution is 2.16. The van der Waals surface area contributed by atoms with Crippen molar-refractivity contribution in [2.75, 3.05) is 13.2 Å². The van der Waals surface area contributed by atoms with Gasteiger partial charge in [-0.2, -0.15) is 0 Å². The van der Waals surface area contributed by atoms with Gasteiger partial charge in [-0.25, -0.2) is 0 Å². The summed E-state index contributed by atoms with van der Waals surface area (Å²) in [5.41, 5.74) is 2.24. The lowest BCUT2D eigenvalue weighted by molar-refractivity contribution is -0.147. The fourth-order valence-corrected chi connectivity index (χ4v) is 1.89. The first-order chi connectivity index (χ1) is 9.85. The fourth-order valence-electron chi connectivity index (χ4n) is 1.89. The minimum absolute atomic E-state index is 0.128. The lowest BCUT2D eigenvalue weighted by Crippen LogP contribution is -2.44. The Bertz CT molecular complexity index is 513. The molecule has 0 aliphatic heterocycles. The molecule has 5 heteroatoms. The lowest BCUT2D eigenvalue weighted by atomic mass is 10.1. The third kappa shape index (κ3) is 5.10. The van der Waals surface area contributed by atoms with Crippen LogP contribution in [-0.4, -0.2) is 41.1 Å². The molecule has 5 nitrogen and oxygen atoms in total. The zero-order valence-corrected chi connectivity index (χ0v) is 13.0. The Kier molecular flexibility index (Phi) is 6.21. The molecule has 21 heavy (non-hydrogen) atoms. The second kappa shape index (κ2) is 7.67. The predicted octanol–water partition coefficient (Wildman–Crippen LogP) is 2.39. The molecule has 0 fully saturated rings. The van der Waals surface area contributed by atoms with E-state index in [9.17, 15) is 9.59 Å². The minimum atomic E-state index is -1.02. The average Bonchev–Trinajstić information content (AvgIpc) is 2.44. The normalized spacial score (nSPS) is 11.8. The number of aliphatic carboxylic acids is 1. The van der Waals surface area contributed by atoms with Crippen molar-refractivity contribution in [3.8, 4) is 5.75 Å². The maximum Gasteiger partial charge on any atom is 0.323 e. The summed E-state index contributed by atoms with van der Waals surface area (Å²) >= 11 is 0. The van der Waals surface area contributed by atoms with Crippen molar-refractivity contribution in [3.63, 3.8) is 0 Å². The molecule has 0 radical (unpaired) electrons. The van der Waals surface area contributed by atoms with Crippen LogP contribution in [0.15, 0.2) is 18.2 Å². The number of carbonyl (C=O) groups excluding carboxylic acids is 1. The van der Waals surface area contributed by atoms with E-state index in [1.165, 1.54) is 4.90 Å². The lowest BCUT2D eigenvalue weighted by Gasteiger charge is -2.26. The molecule has 1 unspecified atom stereocenters. The van der Waals surface area contributed by atoms with Gasteiger partial charge < -0.3 is 14.7 Å². The Morgan fingerprint density at radius 2 is 1.95 bits per heavy atom. The molecular formula is C16H23NO4. The van der Waals surface area contributed by atoms with Crippen LogP contribution >= 0.6 is 0 Å². The van der Waals surface area contributed by atoms with E-state index in [1.54, 1.807) is 6.07 Å². The third-order valence-electron chi connectivity index (χ3n) is 3.59. The first kappa shape index (κ1) is 17.0. The van der Waals surface area contributed by atoms with Crippen LogP contribution in [0.4, 0.5) is 0 Å². The van der Waals surface area contributed by atoms with Crippen LogP contribution in [0.3, 0.4) is 0 Å². The SMILES string of the molecule is CCC(C)N(CC(=O)O)C(=O)COc1ccc(C)c(C)c1. The summed E-state index contributed by atoms with van der Waals surface area (Å²) in [7, 11) is 0. The van der Waals surface area contributed by atoms with Gasteiger partial charge in [-0.05, 0) is 50.5 Å². The van der Waals surface area contributed by atoms with Gasteiger partial charge in [-0.15, -0.1) is 0 Å². The molecule has 0 spiro atoms. The maximum atomic E-state index is 12.1. The second-order valence-electron chi connectivity index (χ2n) is 5.21. The second-order valence-corrected chi connectivity index (χ2v) is 5.21. The maximum absolute atomic E-state index is 12.1. The Balaban J connectivity index is 2.68. The number of aryl methyl sites for hydroxylation is 2. The van der Waals surface area contributed by atoms with Gasteiger partial charge in [-0.1, -0.05) is 13.0 Å². The van der Waals surface area contributed by atoms with Crippen LogP contribution < -0.4 is 4.74 Å². The summed E-state index contributed by atoms with van der Waals surface area (Å²) in [5.74, 6) is -0.717. The molecule has 0 saturated carbocycles. The summed E-state index contributed by atoms with van der Waals surface area (Å²) in [5, 5.41) is 8.89. The van der Waals surface area contributed by atoms with Crippen molar-refractivity contribution >= 4 is 11.9 Å². The molecular weight excluding hydrogens is 270 g/mol. The van der Waals surface area contributed by atoms with Gasteiger partial charge in [0.2, 0.25) is 0 Å². The molecule has 1 atom stereocenters. The molecule has 1 aromatic rings. The van der Waals surface area contributed by atoms with Crippen molar-refractivity contribution in [2.45, 2.75) is 40.2 Å². The highest BCUT2D eigenvalue weighted by molar-refractivity contribution is 5.82. The summed E-state index contributed by atoms with van der Waals surface area (Å²) in [4.78, 5) is 24.3. The number of carbonyl (C=O) groups is 2. The van der Waals surface area contributed by atoms with Gasteiger partial charge >= 0.3 is 5.97 Å². The van der Waals surface area contributed by atoms with Crippen LogP contribution in [-0.2, 0) is 9.59 Å². The van der Waals surface area contributed by atoms with E-state index in [4.69, 9.17) is 9.84 Å². The number of ether oxygens (including phenoxy) is 1. The Morgan fingerprint density at radius 3 is 2.48 bits per heavy atom. The van der Waals surface area contributed by atoms with E-state index in [0.29, 0.717) is 12.2 Å². The summed E-state index contributed by atoms with van der Waals surface area (Å²) in [6.07, 6.45) is 0.697. The number of hydrogen-bond acceptors (Lipinski definition) is 3. The van der Waals surface area contributed by atoms with Gasteiger partial charge in [0.15, 0.2) is 6.61 Å². The van der Waals surface area contributed by atoms with Gasteiger partial charge in [0.05, 0.1) is 0 Å². The Morgan fingerprint density at radius 1 is 1.29 bits per heavy atom. The average molecular weight is 293 g/mol. The first-order valence-electron chi connectivity index (χ1n) is 7.06. The largest absolute Gasteiger partial charge is 0.484 e. The van der Waals surface area contributed by atoms with Crippen molar-refractivity contribution in [3.05, 3.63) is 29.3 Å². The van der Waals surface area contributed by atoms with Crippen LogP contribution in [0.5, 0.6) is 5.75 Å². The molecule has 0 bridgehead atoms. The summed E-state index contributed by atoms with van der Waals surface area (Å²) < 4.78 is 5.48. The quantitative estimate of drug-likeness (QED) is 0.838. The Hall–Kier alpha value is -2.04. The van der Waals surface area contributed by atoms with Crippen LogP contribution in [0, 0.1) is 13.8 Å². The molecule has 0 aliphatic rings. The number of benzene rings is 1. The number of amides is 1. The third-order valence-corrected chi connectivity index (χ3v) is 3.59. The zero-order valence-electron chi connectivity index (χ0n) is 13.0. The predicted molar refractivity (Wildman–Crippen MR) is 80.5 cm³/mol. The van der Waals surface area contributed by atoms with Crippen molar-refractivity contribution in [1.82, 2.24) is 4.90 Å². The number of carboxylic acid groups (broad SMARTS) is 1. The molecule has 0 heterocycles. The molecule has 1 N–H and O–H groups in total. The topological polar surface area (TPSA) is 66.8 Å². The van der Waals surface area contributed by atoms with E-state index < -0.39 is 5.97 Å². The molecule has 0 aromatic heterocycles. The molecule has 0 aliphatic carbocycles. The van der Waals surface area contributed by atoms with Gasteiger partial charge in [0, 0.05) is 6.04 Å². The van der Waals surface area contributed by atoms with Crippen LogP contribution in [0.2, 0.25) is 0 Å². The van der Waals surface area contributed by atoms with Crippen LogP contribution in [0.25, 0.3) is 0 Å². The minimum Gasteiger partial charge on any atom is -0.484 e. The summed E-state index contributed by atoms with van der Waals surface area (Å²) in [6, 6.07) is 5.48. The first-order valence-corrected chi connectivity index (χ1v) is 7.06. The number of carboxylic acids is 1. The summed E-state index contributed by atoms with van der Waals surface area (Å²) in [6.45, 7) is 7.26. The van der Waals surface area contributed by atoms with E-state index >= 15 is 0 Å². The number of hydrogen-bond donors (Lipinski definition) is 1. The van der Waals surface area contributed by atoms with E-state index in [1.807, 2.05) is 39.8 Å². The molecule has 0 saturated heterocycles. The van der Waals surface area contributed by atoms with E-state index in [2.05, 4.69) is 0 Å². The monoisotopic (exact) mass is 293 g/mol.